The first-order valence-corrected chi connectivity index (χ1v) is 11.3. The molecule has 5 nitrogen and oxygen atoms in total. The molecule has 4 rings (SSSR count). The van der Waals surface area contributed by atoms with Gasteiger partial charge in [0.1, 0.15) is 5.25 Å². The van der Waals surface area contributed by atoms with E-state index in [1.54, 1.807) is 0 Å². The average Bonchev–Trinajstić information content (AvgIpc) is 3.50. The third-order valence-corrected chi connectivity index (χ3v) is 6.85. The van der Waals surface area contributed by atoms with Crippen molar-refractivity contribution in [3.05, 3.63) is 59.7 Å². The molecular weight excluding hydrogens is 394 g/mol. The van der Waals surface area contributed by atoms with E-state index in [0.29, 0.717) is 11.1 Å². The fourth-order valence-corrected chi connectivity index (χ4v) is 4.98. The van der Waals surface area contributed by atoms with E-state index in [0.717, 1.165) is 35.3 Å². The number of aryl methyl sites for hydroxylation is 2. The second-order valence-corrected chi connectivity index (χ2v) is 9.36. The van der Waals surface area contributed by atoms with E-state index in [4.69, 9.17) is 4.99 Å². The Morgan fingerprint density at radius 3 is 2.67 bits per heavy atom. The molecule has 2 atom stereocenters. The summed E-state index contributed by atoms with van der Waals surface area (Å²) < 4.78 is 0. The Morgan fingerprint density at radius 1 is 1.20 bits per heavy atom. The van der Waals surface area contributed by atoms with Crippen molar-refractivity contribution in [2.75, 3.05) is 5.32 Å². The maximum absolute atomic E-state index is 13.2. The number of carbonyl (C=O) groups is 2. The summed E-state index contributed by atoms with van der Waals surface area (Å²) in [5.74, 6) is 0.369. The van der Waals surface area contributed by atoms with Crippen LogP contribution >= 0.6 is 11.8 Å². The van der Waals surface area contributed by atoms with Crippen LogP contribution in [0.5, 0.6) is 0 Å². The molecule has 2 amide bonds. The molecule has 2 aromatic rings. The van der Waals surface area contributed by atoms with Crippen LogP contribution in [-0.4, -0.2) is 33.2 Å². The van der Waals surface area contributed by atoms with Crippen molar-refractivity contribution >= 4 is 40.1 Å². The van der Waals surface area contributed by atoms with Crippen LogP contribution in [0.25, 0.3) is 0 Å². The van der Waals surface area contributed by atoms with Gasteiger partial charge in [0.2, 0.25) is 11.8 Å². The van der Waals surface area contributed by atoms with Crippen LogP contribution in [0.1, 0.15) is 37.3 Å². The van der Waals surface area contributed by atoms with E-state index in [9.17, 15) is 9.59 Å². The van der Waals surface area contributed by atoms with Crippen LogP contribution in [0.3, 0.4) is 0 Å². The molecule has 156 valence electrons. The largest absolute Gasteiger partial charge is 0.326 e. The zero-order valence-electron chi connectivity index (χ0n) is 17.6. The maximum atomic E-state index is 13.2. The molecule has 1 saturated heterocycles. The number of nitrogens with zero attached hydrogens (tertiary/aromatic N) is 2. The number of para-hydroxylation sites is 1. The second-order valence-electron chi connectivity index (χ2n) is 8.19. The molecule has 6 heteroatoms. The minimum atomic E-state index is -0.446. The van der Waals surface area contributed by atoms with Gasteiger partial charge in [-0.3, -0.25) is 14.5 Å². The minimum Gasteiger partial charge on any atom is -0.326 e. The average molecular weight is 422 g/mol. The Labute approximate surface area is 182 Å². The lowest BCUT2D eigenvalue weighted by Crippen LogP contribution is -2.41. The van der Waals surface area contributed by atoms with E-state index in [-0.39, 0.29) is 24.3 Å². The van der Waals surface area contributed by atoms with E-state index >= 15 is 0 Å². The summed E-state index contributed by atoms with van der Waals surface area (Å²) >= 11 is 1.41. The highest BCUT2D eigenvalue weighted by atomic mass is 32.2. The van der Waals surface area contributed by atoms with Crippen LogP contribution in [0, 0.1) is 19.8 Å². The Morgan fingerprint density at radius 2 is 1.97 bits per heavy atom. The molecule has 0 bridgehead atoms. The Hall–Kier alpha value is -2.60. The van der Waals surface area contributed by atoms with Crippen LogP contribution in [0.2, 0.25) is 0 Å². The monoisotopic (exact) mass is 421 g/mol. The first kappa shape index (κ1) is 20.7. The molecule has 0 radical (unpaired) electrons. The molecule has 30 heavy (non-hydrogen) atoms. The van der Waals surface area contributed by atoms with Gasteiger partial charge in [-0.05, 0) is 68.9 Å². The van der Waals surface area contributed by atoms with Gasteiger partial charge in [-0.2, -0.15) is 0 Å². The molecule has 1 aliphatic heterocycles. The number of thioether (sulfide) groups is 1. The van der Waals surface area contributed by atoms with E-state index in [1.165, 1.54) is 11.8 Å². The number of hydrogen-bond donors (Lipinski definition) is 1. The Bertz CT molecular complexity index is 999. The summed E-state index contributed by atoms with van der Waals surface area (Å²) in [6, 6.07) is 15.7. The topological polar surface area (TPSA) is 61.8 Å². The van der Waals surface area contributed by atoms with Gasteiger partial charge in [0.05, 0.1) is 5.69 Å². The lowest BCUT2D eigenvalue weighted by molar-refractivity contribution is -0.129. The number of hydrogen-bond acceptors (Lipinski definition) is 4. The highest BCUT2D eigenvalue weighted by Gasteiger charge is 2.45. The predicted octanol–water partition coefficient (Wildman–Crippen LogP) is 5.06. The molecule has 0 unspecified atom stereocenters. The van der Waals surface area contributed by atoms with E-state index in [2.05, 4.69) is 12.2 Å². The zero-order valence-corrected chi connectivity index (χ0v) is 18.4. The molecule has 1 heterocycles. The summed E-state index contributed by atoms with van der Waals surface area (Å²) in [6.45, 7) is 6.08. The minimum absolute atomic E-state index is 0.00858. The van der Waals surface area contributed by atoms with Crippen molar-refractivity contribution in [2.24, 2.45) is 10.9 Å². The van der Waals surface area contributed by atoms with Crippen molar-refractivity contribution in [3.63, 3.8) is 0 Å². The fraction of sp³-hybridized carbons (Fsp3) is 0.375. The maximum Gasteiger partial charge on any atom is 0.242 e. The molecule has 1 aliphatic carbocycles. The summed E-state index contributed by atoms with van der Waals surface area (Å²) in [4.78, 5) is 32.5. The number of nitrogens with one attached hydrogen (secondary N) is 1. The Kier molecular flexibility index (Phi) is 5.95. The van der Waals surface area contributed by atoms with Crippen molar-refractivity contribution in [2.45, 2.75) is 51.3 Å². The number of aliphatic imine (C=N–C) groups is 1. The number of carbonyl (C=O) groups excluding carboxylic acids is 2. The van der Waals surface area contributed by atoms with Crippen molar-refractivity contribution in [3.8, 4) is 0 Å². The standard InChI is InChI=1S/C24H27N3O2S/c1-15-7-6-9-19(13-15)25-24-27(17(3)18-11-12-18)23(29)21(30-24)14-22(28)26-20-10-5-4-8-16(20)2/h4-10,13,17-18,21H,11-12,14H2,1-3H3,(H,26,28)/t17-,21-/m0/s1. The normalized spacial score (nSPS) is 21.2. The second kappa shape index (κ2) is 8.64. The van der Waals surface area contributed by atoms with Gasteiger partial charge in [0, 0.05) is 18.2 Å². The third kappa shape index (κ3) is 4.59. The predicted molar refractivity (Wildman–Crippen MR) is 123 cm³/mol. The summed E-state index contributed by atoms with van der Waals surface area (Å²) in [5.41, 5.74) is 3.75. The highest BCUT2D eigenvalue weighted by Crippen LogP contribution is 2.41. The SMILES string of the molecule is Cc1cccc(N=C2S[C@@H](CC(=O)Nc3ccccc3C)C(=O)N2[C@@H](C)C2CC2)c1. The van der Waals surface area contributed by atoms with E-state index < -0.39 is 5.25 Å². The summed E-state index contributed by atoms with van der Waals surface area (Å²) in [7, 11) is 0. The lowest BCUT2D eigenvalue weighted by atomic mass is 10.1. The third-order valence-electron chi connectivity index (χ3n) is 5.69. The van der Waals surface area contributed by atoms with Crippen molar-refractivity contribution in [1.82, 2.24) is 4.90 Å². The Balaban J connectivity index is 1.53. The van der Waals surface area contributed by atoms with Gasteiger partial charge in [0.25, 0.3) is 0 Å². The molecule has 0 aromatic heterocycles. The number of amidine groups is 1. The van der Waals surface area contributed by atoms with Gasteiger partial charge in [-0.1, -0.05) is 42.1 Å². The van der Waals surface area contributed by atoms with Gasteiger partial charge in [-0.25, -0.2) is 4.99 Å². The molecule has 2 aliphatic rings. The van der Waals surface area contributed by atoms with Gasteiger partial charge < -0.3 is 5.32 Å². The smallest absolute Gasteiger partial charge is 0.242 e. The summed E-state index contributed by atoms with van der Waals surface area (Å²) in [5, 5.41) is 3.21. The molecular formula is C24H27N3O2S. The van der Waals surface area contributed by atoms with Crippen molar-refractivity contribution in [1.29, 1.82) is 0 Å². The van der Waals surface area contributed by atoms with Crippen LogP contribution in [-0.2, 0) is 9.59 Å². The van der Waals surface area contributed by atoms with Crippen LogP contribution < -0.4 is 5.32 Å². The lowest BCUT2D eigenvalue weighted by Gasteiger charge is -2.24. The van der Waals surface area contributed by atoms with E-state index in [1.807, 2.05) is 67.3 Å². The highest BCUT2D eigenvalue weighted by molar-refractivity contribution is 8.15. The number of amides is 2. The number of benzene rings is 2. The fourth-order valence-electron chi connectivity index (χ4n) is 3.75. The molecule has 2 aromatic carbocycles. The molecule has 1 N–H and O–H groups in total. The number of anilines is 1. The molecule has 1 saturated carbocycles. The molecule has 2 fully saturated rings. The van der Waals surface area contributed by atoms with Crippen LogP contribution in [0.15, 0.2) is 53.5 Å². The zero-order chi connectivity index (χ0) is 21.3. The van der Waals surface area contributed by atoms with Gasteiger partial charge in [0.15, 0.2) is 5.17 Å². The van der Waals surface area contributed by atoms with Gasteiger partial charge in [-0.15, -0.1) is 0 Å². The quantitative estimate of drug-likeness (QED) is 0.709. The van der Waals surface area contributed by atoms with Gasteiger partial charge >= 0.3 is 0 Å². The first-order valence-electron chi connectivity index (χ1n) is 10.4. The summed E-state index contributed by atoms with van der Waals surface area (Å²) in [6.07, 6.45) is 2.43. The van der Waals surface area contributed by atoms with Crippen LogP contribution in [0.4, 0.5) is 11.4 Å². The first-order chi connectivity index (χ1) is 14.4. The molecule has 0 spiro atoms. The number of rotatable bonds is 6. The van der Waals surface area contributed by atoms with Crippen molar-refractivity contribution < 1.29 is 9.59 Å².